The first-order valence-electron chi connectivity index (χ1n) is 7.07. The monoisotopic (exact) mass is 691 g/mol. The standard InChI is InChI=1S/C10H9Br2NO2S.C7H4Br2OS.2CH4/c1-13(2)10(15)16-9-6(5-14)3-7(11)4-8(9)12;8-5-1-4(3-10)7(11)6(9)2-5;;/h3-5H,1-2H3;1-3,11H;2*1H4. The summed E-state index contributed by atoms with van der Waals surface area (Å²) in [4.78, 5) is 35.7. The van der Waals surface area contributed by atoms with Gasteiger partial charge in [-0.05, 0) is 67.9 Å². The van der Waals surface area contributed by atoms with Crippen LogP contribution in [0.25, 0.3) is 0 Å². The van der Waals surface area contributed by atoms with E-state index >= 15 is 0 Å². The SMILES string of the molecule is C.C.CN(C)C(=O)Sc1c(Br)cc(Br)cc1C=O.O=Cc1cc(Br)cc(Br)c1S. The van der Waals surface area contributed by atoms with Gasteiger partial charge in [-0.15, -0.1) is 12.6 Å². The molecule has 0 atom stereocenters. The van der Waals surface area contributed by atoms with Gasteiger partial charge < -0.3 is 4.90 Å². The molecule has 0 heterocycles. The third-order valence-electron chi connectivity index (χ3n) is 2.90. The van der Waals surface area contributed by atoms with Gasteiger partial charge in [-0.3, -0.25) is 14.4 Å². The average molecular weight is 695 g/mol. The molecule has 160 valence electrons. The fourth-order valence-electron chi connectivity index (χ4n) is 1.63. The molecule has 10 heteroatoms. The molecule has 0 aromatic heterocycles. The number of halogens is 4. The van der Waals surface area contributed by atoms with Crippen molar-refractivity contribution in [3.05, 3.63) is 53.3 Å². The minimum atomic E-state index is -0.119. The van der Waals surface area contributed by atoms with Crippen LogP contribution in [-0.2, 0) is 0 Å². The van der Waals surface area contributed by atoms with Crippen LogP contribution in [0.3, 0.4) is 0 Å². The molecule has 0 fully saturated rings. The van der Waals surface area contributed by atoms with Crippen LogP contribution in [0.5, 0.6) is 0 Å². The summed E-state index contributed by atoms with van der Waals surface area (Å²) in [5.41, 5.74) is 1.07. The van der Waals surface area contributed by atoms with Crippen molar-refractivity contribution in [2.24, 2.45) is 0 Å². The number of amides is 1. The van der Waals surface area contributed by atoms with Crippen LogP contribution in [0.15, 0.2) is 51.9 Å². The molecule has 4 nitrogen and oxygen atoms in total. The van der Waals surface area contributed by atoms with Crippen LogP contribution < -0.4 is 0 Å². The lowest BCUT2D eigenvalue weighted by Crippen LogP contribution is -2.16. The van der Waals surface area contributed by atoms with Gasteiger partial charge in [0, 0.05) is 52.9 Å². The number of nitrogens with zero attached hydrogens (tertiary/aromatic N) is 1. The second-order valence-electron chi connectivity index (χ2n) is 5.13. The Morgan fingerprint density at radius 2 is 1.34 bits per heavy atom. The summed E-state index contributed by atoms with van der Waals surface area (Å²) in [6.07, 6.45) is 1.51. The van der Waals surface area contributed by atoms with Crippen molar-refractivity contribution in [2.75, 3.05) is 14.1 Å². The second-order valence-corrected chi connectivity index (χ2v) is 10.1. The molecule has 0 saturated heterocycles. The molecule has 0 spiro atoms. The predicted molar refractivity (Wildman–Crippen MR) is 140 cm³/mol. The zero-order chi connectivity index (χ0) is 20.7. The van der Waals surface area contributed by atoms with Gasteiger partial charge in [0.25, 0.3) is 5.24 Å². The maximum atomic E-state index is 11.6. The summed E-state index contributed by atoms with van der Waals surface area (Å²) in [6.45, 7) is 0. The third kappa shape index (κ3) is 9.69. The quantitative estimate of drug-likeness (QED) is 0.199. The Labute approximate surface area is 215 Å². The van der Waals surface area contributed by atoms with Crippen LogP contribution in [-0.4, -0.2) is 36.8 Å². The lowest BCUT2D eigenvalue weighted by molar-refractivity contribution is 0.111. The Morgan fingerprint density at radius 3 is 1.79 bits per heavy atom. The van der Waals surface area contributed by atoms with E-state index < -0.39 is 0 Å². The van der Waals surface area contributed by atoms with Crippen LogP contribution in [0.1, 0.15) is 35.6 Å². The van der Waals surface area contributed by atoms with Crippen LogP contribution in [0.4, 0.5) is 4.79 Å². The summed E-state index contributed by atoms with van der Waals surface area (Å²) in [5, 5.41) is -0.119. The van der Waals surface area contributed by atoms with E-state index in [1.165, 1.54) is 4.90 Å². The van der Waals surface area contributed by atoms with Gasteiger partial charge >= 0.3 is 0 Å². The van der Waals surface area contributed by atoms with Crippen molar-refractivity contribution in [3.63, 3.8) is 0 Å². The molecule has 0 saturated carbocycles. The maximum absolute atomic E-state index is 11.6. The van der Waals surface area contributed by atoms with Crippen molar-refractivity contribution in [1.29, 1.82) is 0 Å². The zero-order valence-corrected chi connectivity index (χ0v) is 22.1. The maximum Gasteiger partial charge on any atom is 0.285 e. The molecule has 2 rings (SSSR count). The number of thioether (sulfide) groups is 1. The molecule has 0 unspecified atom stereocenters. The lowest BCUT2D eigenvalue weighted by atomic mass is 10.2. The Bertz CT molecular complexity index is 877. The second kappa shape index (κ2) is 14.8. The first kappa shape index (κ1) is 31.1. The van der Waals surface area contributed by atoms with Crippen molar-refractivity contribution < 1.29 is 14.4 Å². The number of carbonyl (C=O) groups is 3. The highest BCUT2D eigenvalue weighted by Gasteiger charge is 2.14. The molecule has 0 aliphatic carbocycles. The first-order valence-corrected chi connectivity index (χ1v) is 11.5. The Balaban J connectivity index is 0. The summed E-state index contributed by atoms with van der Waals surface area (Å²) >= 11 is 18.3. The van der Waals surface area contributed by atoms with Crippen molar-refractivity contribution in [1.82, 2.24) is 4.90 Å². The third-order valence-corrected chi connectivity index (χ3v) is 7.34. The molecule has 0 bridgehead atoms. The van der Waals surface area contributed by atoms with Gasteiger partial charge in [0.2, 0.25) is 0 Å². The van der Waals surface area contributed by atoms with E-state index in [-0.39, 0.29) is 20.1 Å². The van der Waals surface area contributed by atoms with Gasteiger partial charge in [0.1, 0.15) is 0 Å². The van der Waals surface area contributed by atoms with Crippen molar-refractivity contribution in [2.45, 2.75) is 24.6 Å². The molecular weight excluding hydrogens is 674 g/mol. The van der Waals surface area contributed by atoms with Crippen LogP contribution >= 0.6 is 88.1 Å². The van der Waals surface area contributed by atoms with Crippen molar-refractivity contribution in [3.8, 4) is 0 Å². The molecule has 0 radical (unpaired) electrons. The summed E-state index contributed by atoms with van der Waals surface area (Å²) in [5.74, 6) is 0. The smallest absolute Gasteiger partial charge is 0.285 e. The normalized spacial score (nSPS) is 9.21. The summed E-state index contributed by atoms with van der Waals surface area (Å²) in [7, 11) is 3.34. The number of hydrogen-bond acceptors (Lipinski definition) is 5. The van der Waals surface area contributed by atoms with E-state index in [0.29, 0.717) is 20.9 Å². The predicted octanol–water partition coefficient (Wildman–Crippen LogP) is 8.38. The highest BCUT2D eigenvalue weighted by atomic mass is 79.9. The zero-order valence-electron chi connectivity index (χ0n) is 14.0. The van der Waals surface area contributed by atoms with Gasteiger partial charge in [-0.1, -0.05) is 46.7 Å². The molecule has 0 aliphatic rings. The highest BCUT2D eigenvalue weighted by Crippen LogP contribution is 2.34. The summed E-state index contributed by atoms with van der Waals surface area (Å²) < 4.78 is 3.20. The molecule has 1 amide bonds. The molecule has 29 heavy (non-hydrogen) atoms. The lowest BCUT2D eigenvalue weighted by Gasteiger charge is -2.11. The minimum absolute atomic E-state index is 0. The minimum Gasteiger partial charge on any atom is -0.339 e. The first-order chi connectivity index (χ1) is 12.6. The number of hydrogen-bond donors (Lipinski definition) is 1. The van der Waals surface area contributed by atoms with E-state index in [0.717, 1.165) is 42.2 Å². The number of rotatable bonds is 3. The van der Waals surface area contributed by atoms with Crippen LogP contribution in [0.2, 0.25) is 0 Å². The topological polar surface area (TPSA) is 54.5 Å². The van der Waals surface area contributed by atoms with Crippen LogP contribution in [0, 0.1) is 0 Å². The number of thiol groups is 1. The largest absolute Gasteiger partial charge is 0.339 e. The number of aldehydes is 2. The molecule has 2 aromatic carbocycles. The van der Waals surface area contributed by atoms with Crippen molar-refractivity contribution >= 4 is 106 Å². The Hall–Kier alpha value is -0.130. The van der Waals surface area contributed by atoms with E-state index in [2.05, 4.69) is 76.3 Å². The summed E-state index contributed by atoms with van der Waals surface area (Å²) in [6, 6.07) is 7.05. The number of carbonyl (C=O) groups excluding carboxylic acids is 3. The average Bonchev–Trinajstić information content (AvgIpc) is 2.60. The van der Waals surface area contributed by atoms with Gasteiger partial charge in [-0.2, -0.15) is 0 Å². The van der Waals surface area contributed by atoms with E-state index in [1.54, 1.807) is 32.3 Å². The van der Waals surface area contributed by atoms with Gasteiger partial charge in [0.05, 0.1) is 0 Å². The highest BCUT2D eigenvalue weighted by molar-refractivity contribution is 9.11. The fourth-order valence-corrected chi connectivity index (χ4v) is 5.31. The van der Waals surface area contributed by atoms with Gasteiger partial charge in [0.15, 0.2) is 12.6 Å². The Morgan fingerprint density at radius 1 is 0.897 bits per heavy atom. The molecule has 0 N–H and O–H groups in total. The fraction of sp³-hybridized carbons (Fsp3) is 0.211. The Kier molecular flexibility index (Phi) is 15.9. The number of benzene rings is 2. The molecule has 0 aliphatic heterocycles. The van der Waals surface area contributed by atoms with E-state index in [1.807, 2.05) is 6.07 Å². The molecular formula is C19H21Br4NO3S2. The van der Waals surface area contributed by atoms with E-state index in [4.69, 9.17) is 0 Å². The van der Waals surface area contributed by atoms with E-state index in [9.17, 15) is 14.4 Å². The van der Waals surface area contributed by atoms with Gasteiger partial charge in [-0.25, -0.2) is 0 Å². The molecule has 2 aromatic rings.